The van der Waals surface area contributed by atoms with Crippen molar-refractivity contribution in [3.63, 3.8) is 0 Å². The fourth-order valence-electron chi connectivity index (χ4n) is 4.55. The molecule has 2 aliphatic rings. The van der Waals surface area contributed by atoms with Gasteiger partial charge in [0.15, 0.2) is 5.82 Å². The summed E-state index contributed by atoms with van der Waals surface area (Å²) in [5, 5.41) is 4.73. The first kappa shape index (κ1) is 17.3. The third-order valence-corrected chi connectivity index (χ3v) is 6.06. The van der Waals surface area contributed by atoms with Gasteiger partial charge in [0.1, 0.15) is 5.66 Å². The number of H-pyrrole nitrogens is 1. The number of fused-ring (bicyclic) bond motifs is 2. The fourth-order valence-corrected chi connectivity index (χ4v) is 4.55. The fraction of sp³-hybridized carbons (Fsp3) is 0.381. The first-order chi connectivity index (χ1) is 13.5. The highest BCUT2D eigenvalue weighted by Gasteiger charge is 2.39. The molecule has 1 aromatic carbocycles. The monoisotopic (exact) mass is 377 g/mol. The Labute approximate surface area is 164 Å². The molecule has 28 heavy (non-hydrogen) atoms. The summed E-state index contributed by atoms with van der Waals surface area (Å²) in [6.07, 6.45) is 9.88. The van der Waals surface area contributed by atoms with Crippen molar-refractivity contribution < 1.29 is 0 Å². The maximum Gasteiger partial charge on any atom is 0.174 e. The summed E-state index contributed by atoms with van der Waals surface area (Å²) in [5.74, 6) is 1.16. The van der Waals surface area contributed by atoms with E-state index in [0.717, 1.165) is 54.1 Å². The molecular formula is C21H27N7. The molecule has 7 nitrogen and oxygen atoms in total. The molecule has 1 saturated carbocycles. The molecule has 3 aromatic rings. The average Bonchev–Trinajstić information content (AvgIpc) is 3.27. The SMILES string of the molecule is Cc1cc2cc(NC3=CC(N)(C4CCC(N)CC4)Nn4ccnc43)ccc2[nH]1. The molecule has 0 spiro atoms. The maximum absolute atomic E-state index is 6.87. The third kappa shape index (κ3) is 2.96. The van der Waals surface area contributed by atoms with Gasteiger partial charge < -0.3 is 27.2 Å². The average molecular weight is 377 g/mol. The van der Waals surface area contributed by atoms with E-state index in [0.29, 0.717) is 12.0 Å². The zero-order chi connectivity index (χ0) is 19.3. The molecule has 0 radical (unpaired) electrons. The number of aromatic nitrogens is 3. The summed E-state index contributed by atoms with van der Waals surface area (Å²) in [5.41, 5.74) is 20.0. The Bertz CT molecular complexity index is 1040. The topological polar surface area (TPSA) is 110 Å². The van der Waals surface area contributed by atoms with E-state index >= 15 is 0 Å². The van der Waals surface area contributed by atoms with Crippen molar-refractivity contribution in [3.05, 3.63) is 54.3 Å². The van der Waals surface area contributed by atoms with Crippen molar-refractivity contribution in [3.8, 4) is 0 Å². The number of hydrogen-bond donors (Lipinski definition) is 5. The number of benzene rings is 1. The molecule has 1 aliphatic carbocycles. The highest BCUT2D eigenvalue weighted by Crippen LogP contribution is 2.35. The molecule has 0 bridgehead atoms. The Kier molecular flexibility index (Phi) is 3.96. The molecule has 1 unspecified atom stereocenters. The molecule has 1 aliphatic heterocycles. The highest BCUT2D eigenvalue weighted by atomic mass is 15.5. The molecule has 1 atom stereocenters. The Morgan fingerprint density at radius 1 is 1.21 bits per heavy atom. The zero-order valence-electron chi connectivity index (χ0n) is 16.1. The molecule has 146 valence electrons. The maximum atomic E-state index is 6.87. The third-order valence-electron chi connectivity index (χ3n) is 6.06. The smallest absolute Gasteiger partial charge is 0.174 e. The van der Waals surface area contributed by atoms with Crippen molar-refractivity contribution >= 4 is 22.3 Å². The Morgan fingerprint density at radius 2 is 2.04 bits per heavy atom. The van der Waals surface area contributed by atoms with Crippen molar-refractivity contribution in [1.29, 1.82) is 0 Å². The van der Waals surface area contributed by atoms with Gasteiger partial charge in [0.05, 0.1) is 5.70 Å². The van der Waals surface area contributed by atoms with Crippen molar-refractivity contribution in [2.45, 2.75) is 44.3 Å². The molecule has 3 heterocycles. The van der Waals surface area contributed by atoms with E-state index in [9.17, 15) is 0 Å². The van der Waals surface area contributed by atoms with E-state index in [-0.39, 0.29) is 0 Å². The van der Waals surface area contributed by atoms with Crippen LogP contribution in [0.3, 0.4) is 0 Å². The van der Waals surface area contributed by atoms with Crippen molar-refractivity contribution in [2.75, 3.05) is 10.7 Å². The van der Waals surface area contributed by atoms with Crippen LogP contribution in [0.2, 0.25) is 0 Å². The summed E-state index contributed by atoms with van der Waals surface area (Å²) in [7, 11) is 0. The van der Waals surface area contributed by atoms with Gasteiger partial charge in [0.2, 0.25) is 0 Å². The summed E-state index contributed by atoms with van der Waals surface area (Å²) in [6.45, 7) is 2.07. The predicted octanol–water partition coefficient (Wildman–Crippen LogP) is 2.86. The molecule has 1 fully saturated rings. The lowest BCUT2D eigenvalue weighted by Crippen LogP contribution is -2.58. The minimum atomic E-state index is -0.634. The molecule has 5 rings (SSSR count). The number of nitrogens with two attached hydrogens (primary N) is 2. The molecular weight excluding hydrogens is 350 g/mol. The van der Waals surface area contributed by atoms with E-state index in [1.165, 1.54) is 5.39 Å². The van der Waals surface area contributed by atoms with Crippen LogP contribution in [-0.2, 0) is 0 Å². The highest BCUT2D eigenvalue weighted by molar-refractivity contribution is 5.86. The van der Waals surface area contributed by atoms with Gasteiger partial charge >= 0.3 is 0 Å². The Balaban J connectivity index is 1.48. The van der Waals surface area contributed by atoms with Crippen LogP contribution in [0.15, 0.2) is 42.7 Å². The van der Waals surface area contributed by atoms with Crippen LogP contribution in [0.4, 0.5) is 5.69 Å². The van der Waals surface area contributed by atoms with E-state index in [1.807, 2.05) is 10.9 Å². The van der Waals surface area contributed by atoms with Crippen LogP contribution >= 0.6 is 0 Å². The Morgan fingerprint density at radius 3 is 2.86 bits per heavy atom. The molecule has 0 saturated heterocycles. The largest absolute Gasteiger partial charge is 0.359 e. The second-order valence-electron chi connectivity index (χ2n) is 8.21. The van der Waals surface area contributed by atoms with Crippen molar-refractivity contribution in [2.24, 2.45) is 17.4 Å². The van der Waals surface area contributed by atoms with Gasteiger partial charge in [0.25, 0.3) is 0 Å². The van der Waals surface area contributed by atoms with E-state index in [4.69, 9.17) is 11.5 Å². The molecule has 7 heteroatoms. The van der Waals surface area contributed by atoms with Crippen LogP contribution in [-0.4, -0.2) is 26.3 Å². The van der Waals surface area contributed by atoms with Crippen LogP contribution in [0.1, 0.15) is 37.2 Å². The first-order valence-corrected chi connectivity index (χ1v) is 9.96. The quantitative estimate of drug-likeness (QED) is 0.482. The zero-order valence-corrected chi connectivity index (χ0v) is 16.1. The number of nitrogens with one attached hydrogen (secondary N) is 3. The number of rotatable bonds is 3. The van der Waals surface area contributed by atoms with Crippen LogP contribution in [0, 0.1) is 12.8 Å². The summed E-state index contributed by atoms with van der Waals surface area (Å²) in [4.78, 5) is 7.87. The molecule has 2 aromatic heterocycles. The van der Waals surface area contributed by atoms with Gasteiger partial charge in [-0.2, -0.15) is 0 Å². The number of hydrogen-bond acceptors (Lipinski definition) is 5. The summed E-state index contributed by atoms with van der Waals surface area (Å²) < 4.78 is 1.93. The second kappa shape index (κ2) is 6.39. The predicted molar refractivity (Wildman–Crippen MR) is 113 cm³/mol. The van der Waals surface area contributed by atoms with Crippen molar-refractivity contribution in [1.82, 2.24) is 14.6 Å². The number of aryl methyl sites for hydroxylation is 1. The van der Waals surface area contributed by atoms with E-state index in [1.54, 1.807) is 6.20 Å². The van der Waals surface area contributed by atoms with Gasteiger partial charge in [-0.15, -0.1) is 0 Å². The van der Waals surface area contributed by atoms with E-state index < -0.39 is 5.66 Å². The molecule has 7 N–H and O–H groups in total. The van der Waals surface area contributed by atoms with Gasteiger partial charge in [-0.1, -0.05) is 0 Å². The number of anilines is 1. The van der Waals surface area contributed by atoms with Gasteiger partial charge in [0, 0.05) is 46.6 Å². The Hall–Kier alpha value is -2.77. The normalized spacial score (nSPS) is 27.2. The number of aromatic amines is 1. The lowest BCUT2D eigenvalue weighted by Gasteiger charge is -2.42. The lowest BCUT2D eigenvalue weighted by molar-refractivity contribution is 0.239. The van der Waals surface area contributed by atoms with Crippen LogP contribution < -0.4 is 22.2 Å². The van der Waals surface area contributed by atoms with Crippen LogP contribution in [0.25, 0.3) is 16.6 Å². The van der Waals surface area contributed by atoms with Crippen LogP contribution in [0.5, 0.6) is 0 Å². The minimum Gasteiger partial charge on any atom is -0.359 e. The number of imidazole rings is 1. The number of nitrogens with zero attached hydrogens (tertiary/aromatic N) is 2. The van der Waals surface area contributed by atoms with Gasteiger partial charge in [-0.05, 0) is 62.9 Å². The lowest BCUT2D eigenvalue weighted by atomic mass is 9.78. The minimum absolute atomic E-state index is 0.297. The van der Waals surface area contributed by atoms with E-state index in [2.05, 4.69) is 58.0 Å². The second-order valence-corrected chi connectivity index (χ2v) is 8.21. The van der Waals surface area contributed by atoms with Gasteiger partial charge in [-0.3, -0.25) is 0 Å². The standard InChI is InChI=1S/C21H27N7/c1-13-10-14-11-17(6-7-18(14)25-13)26-19-12-21(23,15-2-4-16(22)5-3-15)27-28-9-8-24-20(19)28/h6-12,15-16,25-27H,2-5,22-23H2,1H3. The molecule has 0 amide bonds. The first-order valence-electron chi connectivity index (χ1n) is 9.96. The van der Waals surface area contributed by atoms with Gasteiger partial charge in [-0.25, -0.2) is 9.66 Å². The summed E-state index contributed by atoms with van der Waals surface area (Å²) in [6, 6.07) is 8.76. The summed E-state index contributed by atoms with van der Waals surface area (Å²) >= 11 is 0.